The maximum absolute atomic E-state index is 15.0. The number of aromatic nitrogens is 1. The Morgan fingerprint density at radius 2 is 1.94 bits per heavy atom. The van der Waals surface area contributed by atoms with Crippen LogP contribution in [0, 0.1) is 11.7 Å². The number of nitrogens with zero attached hydrogens (tertiary/aromatic N) is 1. The lowest BCUT2D eigenvalue weighted by molar-refractivity contribution is -0.153. The summed E-state index contributed by atoms with van der Waals surface area (Å²) in [5.41, 5.74) is 0.126. The molecule has 3 amide bonds. The van der Waals surface area contributed by atoms with Crippen LogP contribution in [0.4, 0.5) is 18.9 Å². The zero-order chi connectivity index (χ0) is 24.6. The molecule has 1 fully saturated rings. The van der Waals surface area contributed by atoms with Crippen molar-refractivity contribution in [2.24, 2.45) is 5.92 Å². The first-order valence-corrected chi connectivity index (χ1v) is 11.0. The van der Waals surface area contributed by atoms with Crippen LogP contribution >= 0.6 is 11.6 Å². The molecule has 1 aromatic carbocycles. The van der Waals surface area contributed by atoms with E-state index < -0.39 is 41.4 Å². The second kappa shape index (κ2) is 9.30. The predicted octanol–water partition coefficient (Wildman–Crippen LogP) is 2.86. The number of ether oxygens (including phenoxy) is 1. The summed E-state index contributed by atoms with van der Waals surface area (Å²) in [5, 5.41) is 7.40. The van der Waals surface area contributed by atoms with E-state index in [4.69, 9.17) is 16.3 Å². The van der Waals surface area contributed by atoms with Gasteiger partial charge in [-0.3, -0.25) is 14.4 Å². The lowest BCUT2D eigenvalue weighted by Crippen LogP contribution is -2.44. The van der Waals surface area contributed by atoms with Crippen LogP contribution in [0.3, 0.4) is 0 Å². The third-order valence-electron chi connectivity index (χ3n) is 6.03. The van der Waals surface area contributed by atoms with Crippen molar-refractivity contribution in [3.8, 4) is 0 Å². The quantitative estimate of drug-likeness (QED) is 0.590. The van der Waals surface area contributed by atoms with Gasteiger partial charge >= 0.3 is 5.92 Å². The number of hydrogen-bond donors (Lipinski definition) is 3. The second-order valence-electron chi connectivity index (χ2n) is 8.12. The first-order valence-electron chi connectivity index (χ1n) is 10.6. The van der Waals surface area contributed by atoms with Gasteiger partial charge in [-0.25, -0.2) is 4.39 Å². The van der Waals surface area contributed by atoms with Gasteiger partial charge in [-0.05, 0) is 37.1 Å². The van der Waals surface area contributed by atoms with Crippen molar-refractivity contribution >= 4 is 35.0 Å². The zero-order valence-electron chi connectivity index (χ0n) is 18.1. The van der Waals surface area contributed by atoms with Crippen LogP contribution in [0.25, 0.3) is 0 Å². The second-order valence-corrected chi connectivity index (χ2v) is 8.53. The number of alkyl halides is 2. The van der Waals surface area contributed by atoms with Crippen molar-refractivity contribution in [1.29, 1.82) is 0 Å². The number of rotatable bonds is 5. The number of carbonyl (C=O) groups excluding carboxylic acids is 3. The number of amides is 3. The minimum atomic E-state index is -3.70. The van der Waals surface area contributed by atoms with Crippen LogP contribution in [-0.2, 0) is 20.9 Å². The molecule has 0 saturated carbocycles. The van der Waals surface area contributed by atoms with Crippen molar-refractivity contribution in [1.82, 2.24) is 15.2 Å². The molecule has 1 saturated heterocycles. The summed E-state index contributed by atoms with van der Waals surface area (Å²) in [4.78, 5) is 37.6. The number of halogens is 4. The third kappa shape index (κ3) is 4.37. The molecule has 0 bridgehead atoms. The largest absolute Gasteiger partial charge is 0.381 e. The van der Waals surface area contributed by atoms with E-state index in [-0.39, 0.29) is 60.3 Å². The van der Waals surface area contributed by atoms with E-state index in [0.717, 1.165) is 12.1 Å². The van der Waals surface area contributed by atoms with Crippen LogP contribution in [0.15, 0.2) is 24.3 Å². The van der Waals surface area contributed by atoms with Crippen molar-refractivity contribution in [3.63, 3.8) is 0 Å². The molecule has 2 aliphatic heterocycles. The predicted molar refractivity (Wildman–Crippen MR) is 116 cm³/mol. The summed E-state index contributed by atoms with van der Waals surface area (Å²) < 4.78 is 50.3. The van der Waals surface area contributed by atoms with Crippen molar-refractivity contribution < 1.29 is 32.3 Å². The van der Waals surface area contributed by atoms with E-state index in [1.54, 1.807) is 0 Å². The van der Waals surface area contributed by atoms with Crippen LogP contribution < -0.4 is 16.0 Å². The normalized spacial score (nSPS) is 18.7. The topological polar surface area (TPSA) is 101 Å². The third-order valence-corrected chi connectivity index (χ3v) is 6.38. The molecule has 0 radical (unpaired) electrons. The first-order chi connectivity index (χ1) is 16.1. The lowest BCUT2D eigenvalue weighted by atomic mass is 9.92. The van der Waals surface area contributed by atoms with Crippen LogP contribution in [0.1, 0.15) is 40.6 Å². The molecular weight excluding hydrogens is 477 g/mol. The van der Waals surface area contributed by atoms with E-state index in [2.05, 4.69) is 16.0 Å². The zero-order valence-corrected chi connectivity index (χ0v) is 18.8. The average Bonchev–Trinajstić information content (AvgIpc) is 3.18. The molecule has 182 valence electrons. The van der Waals surface area contributed by atoms with Gasteiger partial charge in [0.05, 0.1) is 17.4 Å². The molecule has 2 aromatic rings. The Balaban J connectivity index is 1.79. The van der Waals surface area contributed by atoms with Crippen molar-refractivity contribution in [2.45, 2.75) is 31.4 Å². The summed E-state index contributed by atoms with van der Waals surface area (Å²) in [6.45, 7) is -0.0575. The van der Waals surface area contributed by atoms with E-state index in [1.807, 2.05) is 0 Å². The number of benzene rings is 1. The monoisotopic (exact) mass is 498 g/mol. The van der Waals surface area contributed by atoms with Gasteiger partial charge in [0.15, 0.2) is 0 Å². The summed E-state index contributed by atoms with van der Waals surface area (Å²) in [6, 6.07) is 3.62. The van der Waals surface area contributed by atoms with Gasteiger partial charge in [0.1, 0.15) is 18.1 Å². The Morgan fingerprint density at radius 1 is 1.24 bits per heavy atom. The number of anilines is 1. The lowest BCUT2D eigenvalue weighted by Gasteiger charge is -2.31. The standard InChI is InChI=1S/C22H22ClF3N4O4/c1-27-20(32)16-9-15(28-21(33)22(25,26)11-4-6-34-7-5-11)19-18(29-17(31)10-30(16)19)13-8-12(24)2-3-14(13)23/h2-3,8-9,11,18H,4-7,10H2,1H3,(H,27,32)(H,28,33)(H,29,31). The molecule has 1 aromatic heterocycles. The SMILES string of the molecule is CNC(=O)c1cc(NC(=O)C(F)(F)C2CCOCC2)c2n1CC(=O)NC2c1cc(F)ccc1Cl. The molecule has 2 aliphatic rings. The minimum Gasteiger partial charge on any atom is -0.381 e. The van der Waals surface area contributed by atoms with E-state index in [1.165, 1.54) is 23.7 Å². The average molecular weight is 499 g/mol. The highest BCUT2D eigenvalue weighted by molar-refractivity contribution is 6.31. The molecule has 12 heteroatoms. The number of nitrogens with one attached hydrogen (secondary N) is 3. The summed E-state index contributed by atoms with van der Waals surface area (Å²) >= 11 is 6.25. The number of fused-ring (bicyclic) bond motifs is 1. The van der Waals surface area contributed by atoms with Gasteiger partial charge in [-0.1, -0.05) is 11.6 Å². The van der Waals surface area contributed by atoms with Gasteiger partial charge in [-0.2, -0.15) is 8.78 Å². The van der Waals surface area contributed by atoms with Crippen LogP contribution in [-0.4, -0.2) is 48.5 Å². The van der Waals surface area contributed by atoms with Crippen molar-refractivity contribution in [2.75, 3.05) is 25.6 Å². The first kappa shape index (κ1) is 24.1. The van der Waals surface area contributed by atoms with Gasteiger partial charge in [-0.15, -0.1) is 0 Å². The molecule has 3 heterocycles. The van der Waals surface area contributed by atoms with E-state index in [9.17, 15) is 27.6 Å². The molecule has 1 unspecified atom stereocenters. The highest BCUT2D eigenvalue weighted by Crippen LogP contribution is 2.39. The fourth-order valence-corrected chi connectivity index (χ4v) is 4.52. The molecule has 3 N–H and O–H groups in total. The molecule has 8 nitrogen and oxygen atoms in total. The highest BCUT2D eigenvalue weighted by Gasteiger charge is 2.48. The molecule has 4 rings (SSSR count). The Hall–Kier alpha value is -3.05. The van der Waals surface area contributed by atoms with Crippen LogP contribution in [0.2, 0.25) is 5.02 Å². The summed E-state index contributed by atoms with van der Waals surface area (Å²) in [5.74, 6) is -8.19. The fraction of sp³-hybridized carbons (Fsp3) is 0.409. The maximum atomic E-state index is 15.0. The van der Waals surface area contributed by atoms with Gasteiger partial charge in [0.2, 0.25) is 5.91 Å². The van der Waals surface area contributed by atoms with E-state index in [0.29, 0.717) is 0 Å². The van der Waals surface area contributed by atoms with Gasteiger partial charge < -0.3 is 25.3 Å². The Labute approximate surface area is 197 Å². The number of hydrogen-bond acceptors (Lipinski definition) is 4. The van der Waals surface area contributed by atoms with Gasteiger partial charge in [0.25, 0.3) is 11.8 Å². The van der Waals surface area contributed by atoms with Gasteiger partial charge in [0, 0.05) is 36.8 Å². The molecule has 0 aliphatic carbocycles. The minimum absolute atomic E-state index is 0.0232. The maximum Gasteiger partial charge on any atom is 0.327 e. The van der Waals surface area contributed by atoms with E-state index >= 15 is 0 Å². The molecule has 34 heavy (non-hydrogen) atoms. The Bertz CT molecular complexity index is 1150. The van der Waals surface area contributed by atoms with Crippen LogP contribution in [0.5, 0.6) is 0 Å². The summed E-state index contributed by atoms with van der Waals surface area (Å²) in [7, 11) is 1.36. The number of carbonyl (C=O) groups is 3. The fourth-order valence-electron chi connectivity index (χ4n) is 4.29. The highest BCUT2D eigenvalue weighted by atomic mass is 35.5. The molecule has 1 atom stereocenters. The smallest absolute Gasteiger partial charge is 0.327 e. The molecular formula is C22H22ClF3N4O4. The Kier molecular flexibility index (Phi) is 6.59. The van der Waals surface area contributed by atoms with Crippen molar-refractivity contribution in [3.05, 3.63) is 52.1 Å². The Morgan fingerprint density at radius 3 is 2.62 bits per heavy atom. The molecule has 0 spiro atoms. The summed E-state index contributed by atoms with van der Waals surface area (Å²) in [6.07, 6.45) is 0.0464.